The number of nitrogens with zero attached hydrogens (tertiary/aromatic N) is 1. The standard InChI is InChI=1S/C13H18N2O4/c1-8-9(12(18)19)4-5-10(14-8)11(17)15-13(2,3)6-7-16/h4-5,16H,6-7H2,1-3H3,(H,15,17)(H,18,19). The number of hydrogen-bond acceptors (Lipinski definition) is 4. The first-order valence-electron chi connectivity index (χ1n) is 5.91. The number of carboxylic acid groups (broad SMARTS) is 1. The number of nitrogens with one attached hydrogen (secondary N) is 1. The largest absolute Gasteiger partial charge is 0.478 e. The molecule has 0 bridgehead atoms. The highest BCUT2D eigenvalue weighted by molar-refractivity contribution is 5.94. The molecule has 0 aliphatic heterocycles. The monoisotopic (exact) mass is 266 g/mol. The molecule has 104 valence electrons. The molecule has 0 unspecified atom stereocenters. The fourth-order valence-electron chi connectivity index (χ4n) is 1.63. The number of rotatable bonds is 5. The molecule has 19 heavy (non-hydrogen) atoms. The van der Waals surface area contributed by atoms with Crippen molar-refractivity contribution in [1.29, 1.82) is 0 Å². The molecule has 0 aliphatic rings. The molecule has 0 aromatic carbocycles. The van der Waals surface area contributed by atoms with Crippen molar-refractivity contribution in [2.24, 2.45) is 0 Å². The summed E-state index contributed by atoms with van der Waals surface area (Å²) in [5.74, 6) is -1.46. The van der Waals surface area contributed by atoms with Crippen molar-refractivity contribution in [2.75, 3.05) is 6.61 Å². The van der Waals surface area contributed by atoms with E-state index in [0.29, 0.717) is 12.1 Å². The van der Waals surface area contributed by atoms with Crippen molar-refractivity contribution in [3.8, 4) is 0 Å². The Bertz CT molecular complexity index is 497. The maximum Gasteiger partial charge on any atom is 0.337 e. The van der Waals surface area contributed by atoms with Crippen LogP contribution >= 0.6 is 0 Å². The second-order valence-corrected chi connectivity index (χ2v) is 4.95. The van der Waals surface area contributed by atoms with Gasteiger partial charge in [-0.2, -0.15) is 0 Å². The first-order valence-corrected chi connectivity index (χ1v) is 5.91. The van der Waals surface area contributed by atoms with Gasteiger partial charge < -0.3 is 15.5 Å². The van der Waals surface area contributed by atoms with E-state index < -0.39 is 17.4 Å². The van der Waals surface area contributed by atoms with Crippen LogP contribution < -0.4 is 5.32 Å². The van der Waals surface area contributed by atoms with Gasteiger partial charge in [0.25, 0.3) is 5.91 Å². The molecule has 0 saturated carbocycles. The van der Waals surface area contributed by atoms with E-state index in [1.807, 2.05) is 0 Å². The second-order valence-electron chi connectivity index (χ2n) is 4.95. The van der Waals surface area contributed by atoms with Crippen LogP contribution in [0.5, 0.6) is 0 Å². The zero-order valence-electron chi connectivity index (χ0n) is 11.2. The minimum Gasteiger partial charge on any atom is -0.478 e. The minimum absolute atomic E-state index is 0.0301. The molecule has 1 rings (SSSR count). The number of carboxylic acids is 1. The highest BCUT2D eigenvalue weighted by Gasteiger charge is 2.22. The topological polar surface area (TPSA) is 99.5 Å². The van der Waals surface area contributed by atoms with Gasteiger partial charge in [0.15, 0.2) is 0 Å². The molecule has 6 nitrogen and oxygen atoms in total. The number of amides is 1. The summed E-state index contributed by atoms with van der Waals surface area (Å²) in [5, 5.41) is 20.5. The van der Waals surface area contributed by atoms with E-state index in [-0.39, 0.29) is 17.9 Å². The summed E-state index contributed by atoms with van der Waals surface area (Å²) in [6.45, 7) is 5.09. The lowest BCUT2D eigenvalue weighted by atomic mass is 10.0. The summed E-state index contributed by atoms with van der Waals surface area (Å²) in [5.41, 5.74) is -0.0211. The third-order valence-electron chi connectivity index (χ3n) is 2.74. The highest BCUT2D eigenvalue weighted by atomic mass is 16.4. The molecule has 0 atom stereocenters. The Morgan fingerprint density at radius 1 is 1.37 bits per heavy atom. The Morgan fingerprint density at radius 3 is 2.47 bits per heavy atom. The third kappa shape index (κ3) is 4.03. The smallest absolute Gasteiger partial charge is 0.337 e. The van der Waals surface area contributed by atoms with E-state index in [1.54, 1.807) is 20.8 Å². The predicted molar refractivity (Wildman–Crippen MR) is 69.2 cm³/mol. The minimum atomic E-state index is -1.07. The van der Waals surface area contributed by atoms with E-state index in [2.05, 4.69) is 10.3 Å². The Balaban J connectivity index is 2.90. The van der Waals surface area contributed by atoms with E-state index in [9.17, 15) is 9.59 Å². The maximum atomic E-state index is 12.0. The van der Waals surface area contributed by atoms with Crippen LogP contribution in [0.4, 0.5) is 0 Å². The number of pyridine rings is 1. The molecule has 1 amide bonds. The summed E-state index contributed by atoms with van der Waals surface area (Å²) in [6.07, 6.45) is 0.422. The third-order valence-corrected chi connectivity index (χ3v) is 2.74. The Labute approximate surface area is 111 Å². The van der Waals surface area contributed by atoms with Crippen molar-refractivity contribution < 1.29 is 19.8 Å². The average Bonchev–Trinajstić information content (AvgIpc) is 2.27. The van der Waals surface area contributed by atoms with Crippen LogP contribution in [0.2, 0.25) is 0 Å². The number of aromatic carboxylic acids is 1. The normalized spacial score (nSPS) is 11.2. The van der Waals surface area contributed by atoms with Gasteiger partial charge in [-0.05, 0) is 39.3 Å². The fraction of sp³-hybridized carbons (Fsp3) is 0.462. The van der Waals surface area contributed by atoms with Crippen molar-refractivity contribution in [1.82, 2.24) is 10.3 Å². The van der Waals surface area contributed by atoms with Crippen LogP contribution in [0.3, 0.4) is 0 Å². The van der Waals surface area contributed by atoms with E-state index in [0.717, 1.165) is 0 Å². The molecule has 6 heteroatoms. The molecule has 0 fully saturated rings. The van der Waals surface area contributed by atoms with Crippen molar-refractivity contribution in [3.63, 3.8) is 0 Å². The van der Waals surface area contributed by atoms with E-state index >= 15 is 0 Å². The number of aliphatic hydroxyl groups excluding tert-OH is 1. The van der Waals surface area contributed by atoms with Crippen LogP contribution in [0.25, 0.3) is 0 Å². The quantitative estimate of drug-likeness (QED) is 0.737. The van der Waals surface area contributed by atoms with Crippen molar-refractivity contribution in [3.05, 3.63) is 29.1 Å². The SMILES string of the molecule is Cc1nc(C(=O)NC(C)(C)CCO)ccc1C(=O)O. The maximum absolute atomic E-state index is 12.0. The van der Waals surface area contributed by atoms with E-state index in [4.69, 9.17) is 10.2 Å². The molecule has 3 N–H and O–H groups in total. The molecular formula is C13H18N2O4. The van der Waals surface area contributed by atoms with E-state index in [1.165, 1.54) is 12.1 Å². The highest BCUT2D eigenvalue weighted by Crippen LogP contribution is 2.11. The summed E-state index contributed by atoms with van der Waals surface area (Å²) < 4.78 is 0. The van der Waals surface area contributed by atoms with Crippen LogP contribution in [-0.4, -0.2) is 39.2 Å². The van der Waals surface area contributed by atoms with Gasteiger partial charge in [-0.3, -0.25) is 4.79 Å². The molecule has 1 heterocycles. The first-order chi connectivity index (χ1) is 8.76. The van der Waals surface area contributed by atoms with Crippen LogP contribution in [-0.2, 0) is 0 Å². The molecule has 0 aliphatic carbocycles. The van der Waals surface area contributed by atoms with Gasteiger partial charge in [-0.25, -0.2) is 9.78 Å². The lowest BCUT2D eigenvalue weighted by Gasteiger charge is -2.25. The summed E-state index contributed by atoms with van der Waals surface area (Å²) in [7, 11) is 0. The Morgan fingerprint density at radius 2 is 2.00 bits per heavy atom. The number of aromatic nitrogens is 1. The summed E-state index contributed by atoms with van der Waals surface area (Å²) in [4.78, 5) is 26.8. The van der Waals surface area contributed by atoms with Gasteiger partial charge in [-0.15, -0.1) is 0 Å². The fourth-order valence-corrected chi connectivity index (χ4v) is 1.63. The number of hydrogen-bond donors (Lipinski definition) is 3. The summed E-state index contributed by atoms with van der Waals surface area (Å²) in [6, 6.07) is 2.74. The number of aryl methyl sites for hydroxylation is 1. The molecule has 0 radical (unpaired) electrons. The second kappa shape index (κ2) is 5.79. The van der Waals surface area contributed by atoms with Gasteiger partial charge in [0, 0.05) is 12.1 Å². The molecular weight excluding hydrogens is 248 g/mol. The molecule has 1 aromatic rings. The van der Waals surface area contributed by atoms with Gasteiger partial charge >= 0.3 is 5.97 Å². The number of carbonyl (C=O) groups is 2. The van der Waals surface area contributed by atoms with Crippen molar-refractivity contribution >= 4 is 11.9 Å². The molecule has 0 spiro atoms. The van der Waals surface area contributed by atoms with Crippen LogP contribution in [0.1, 0.15) is 46.8 Å². The molecule has 0 saturated heterocycles. The lowest BCUT2D eigenvalue weighted by Crippen LogP contribution is -2.44. The first kappa shape index (κ1) is 15.1. The van der Waals surface area contributed by atoms with Crippen molar-refractivity contribution in [2.45, 2.75) is 32.7 Å². The van der Waals surface area contributed by atoms with Gasteiger partial charge in [0.05, 0.1) is 11.3 Å². The average molecular weight is 266 g/mol. The Hall–Kier alpha value is -1.95. The zero-order chi connectivity index (χ0) is 14.6. The predicted octanol–water partition coefficient (Wildman–Crippen LogP) is 0.979. The van der Waals surface area contributed by atoms with Gasteiger partial charge in [0.2, 0.25) is 0 Å². The summed E-state index contributed by atoms with van der Waals surface area (Å²) >= 11 is 0. The number of carbonyl (C=O) groups excluding carboxylic acids is 1. The van der Waals surface area contributed by atoms with Crippen LogP contribution in [0.15, 0.2) is 12.1 Å². The van der Waals surface area contributed by atoms with Crippen LogP contribution in [0, 0.1) is 6.92 Å². The Kier molecular flexibility index (Phi) is 4.61. The van der Waals surface area contributed by atoms with Gasteiger partial charge in [-0.1, -0.05) is 0 Å². The zero-order valence-corrected chi connectivity index (χ0v) is 11.2. The van der Waals surface area contributed by atoms with Gasteiger partial charge in [0.1, 0.15) is 5.69 Å². The lowest BCUT2D eigenvalue weighted by molar-refractivity contribution is 0.0694. The molecule has 1 aromatic heterocycles. The number of aliphatic hydroxyl groups is 1.